The van der Waals surface area contributed by atoms with Gasteiger partial charge in [-0.2, -0.15) is 0 Å². The quantitative estimate of drug-likeness (QED) is 0.826. The van der Waals surface area contributed by atoms with Crippen LogP contribution in [0.25, 0.3) is 0 Å². The minimum atomic E-state index is -3.05. The summed E-state index contributed by atoms with van der Waals surface area (Å²) < 4.78 is 27.6. The lowest BCUT2D eigenvalue weighted by molar-refractivity contribution is -0.124. The summed E-state index contributed by atoms with van der Waals surface area (Å²) >= 11 is 0. The molecule has 0 radical (unpaired) electrons. The number of hydrogen-bond donors (Lipinski definition) is 1. The van der Waals surface area contributed by atoms with Gasteiger partial charge < -0.3 is 10.1 Å². The summed E-state index contributed by atoms with van der Waals surface area (Å²) in [6, 6.07) is 5.02. The van der Waals surface area contributed by atoms with Crippen LogP contribution >= 0.6 is 0 Å². The van der Waals surface area contributed by atoms with Gasteiger partial charge in [-0.05, 0) is 31.9 Å². The van der Waals surface area contributed by atoms with E-state index < -0.39 is 34.4 Å². The second kappa shape index (κ2) is 6.48. The highest BCUT2D eigenvalue weighted by molar-refractivity contribution is 7.91. The Labute approximate surface area is 129 Å². The molecule has 2 rings (SSSR count). The lowest BCUT2D eigenvalue weighted by Crippen LogP contribution is -2.38. The first-order chi connectivity index (χ1) is 10.3. The Bertz CT molecular complexity index is 696. The van der Waals surface area contributed by atoms with Gasteiger partial charge in [0.05, 0.1) is 17.1 Å². The molecule has 1 aromatic rings. The number of esters is 1. The van der Waals surface area contributed by atoms with Crippen LogP contribution in [-0.4, -0.2) is 44.4 Å². The second-order valence-electron chi connectivity index (χ2n) is 5.56. The summed E-state index contributed by atoms with van der Waals surface area (Å²) in [5, 5.41) is 2.57. The van der Waals surface area contributed by atoms with E-state index in [1.165, 1.54) is 0 Å². The molecule has 22 heavy (non-hydrogen) atoms. The number of aryl methyl sites for hydroxylation is 2. The average Bonchev–Trinajstić information content (AvgIpc) is 2.78. The topological polar surface area (TPSA) is 89.5 Å². The minimum Gasteiger partial charge on any atom is -0.452 e. The first-order valence-corrected chi connectivity index (χ1v) is 8.83. The zero-order chi connectivity index (χ0) is 16.3. The molecule has 1 saturated heterocycles. The van der Waals surface area contributed by atoms with Crippen molar-refractivity contribution in [1.82, 2.24) is 5.32 Å². The Kier molecular flexibility index (Phi) is 4.85. The third-order valence-corrected chi connectivity index (χ3v) is 5.31. The Morgan fingerprint density at radius 3 is 2.68 bits per heavy atom. The summed E-state index contributed by atoms with van der Waals surface area (Å²) in [7, 11) is -3.05. The van der Waals surface area contributed by atoms with Gasteiger partial charge in [-0.1, -0.05) is 17.7 Å². The minimum absolute atomic E-state index is 0.0519. The van der Waals surface area contributed by atoms with E-state index in [0.717, 1.165) is 11.1 Å². The predicted molar refractivity (Wildman–Crippen MR) is 81.4 cm³/mol. The van der Waals surface area contributed by atoms with E-state index in [0.29, 0.717) is 12.0 Å². The van der Waals surface area contributed by atoms with Gasteiger partial charge in [0.15, 0.2) is 16.4 Å². The van der Waals surface area contributed by atoms with Crippen LogP contribution in [-0.2, 0) is 19.4 Å². The third kappa shape index (κ3) is 4.30. The fourth-order valence-corrected chi connectivity index (χ4v) is 4.02. The van der Waals surface area contributed by atoms with Crippen molar-refractivity contribution in [3.05, 3.63) is 34.9 Å². The summed E-state index contributed by atoms with van der Waals surface area (Å²) in [5.74, 6) is -1.01. The molecule has 0 saturated carbocycles. The number of rotatable bonds is 4. The molecule has 1 heterocycles. The number of hydrogen-bond acceptors (Lipinski definition) is 5. The highest BCUT2D eigenvalue weighted by Gasteiger charge is 2.29. The maximum absolute atomic E-state index is 12.0. The Hall–Kier alpha value is -1.89. The van der Waals surface area contributed by atoms with Gasteiger partial charge in [-0.25, -0.2) is 13.2 Å². The van der Waals surface area contributed by atoms with Gasteiger partial charge in [0, 0.05) is 6.04 Å². The summed E-state index contributed by atoms with van der Waals surface area (Å²) in [6.45, 7) is 3.24. The highest BCUT2D eigenvalue weighted by Crippen LogP contribution is 2.13. The molecule has 1 amide bonds. The molecule has 0 aromatic heterocycles. The maximum atomic E-state index is 12.0. The van der Waals surface area contributed by atoms with Crippen molar-refractivity contribution in [3.63, 3.8) is 0 Å². The van der Waals surface area contributed by atoms with Crippen molar-refractivity contribution in [2.45, 2.75) is 26.3 Å². The molecule has 120 valence electrons. The second-order valence-corrected chi connectivity index (χ2v) is 7.79. The first kappa shape index (κ1) is 16.5. The van der Waals surface area contributed by atoms with Gasteiger partial charge in [0.2, 0.25) is 0 Å². The predicted octanol–water partition coefficient (Wildman–Crippen LogP) is 0.764. The van der Waals surface area contributed by atoms with Crippen LogP contribution in [0.15, 0.2) is 18.2 Å². The molecular weight excluding hydrogens is 306 g/mol. The van der Waals surface area contributed by atoms with Crippen LogP contribution in [0.4, 0.5) is 0 Å². The number of nitrogens with one attached hydrogen (secondary N) is 1. The average molecular weight is 325 g/mol. The zero-order valence-electron chi connectivity index (χ0n) is 12.6. The van der Waals surface area contributed by atoms with Crippen molar-refractivity contribution in [1.29, 1.82) is 0 Å². The largest absolute Gasteiger partial charge is 0.452 e. The van der Waals surface area contributed by atoms with Crippen molar-refractivity contribution in [3.8, 4) is 0 Å². The zero-order valence-corrected chi connectivity index (χ0v) is 13.4. The Morgan fingerprint density at radius 2 is 2.05 bits per heavy atom. The first-order valence-electron chi connectivity index (χ1n) is 7.01. The smallest absolute Gasteiger partial charge is 0.338 e. The highest BCUT2D eigenvalue weighted by atomic mass is 32.2. The van der Waals surface area contributed by atoms with E-state index in [4.69, 9.17) is 4.74 Å². The number of ether oxygens (including phenoxy) is 1. The van der Waals surface area contributed by atoms with E-state index in [2.05, 4.69) is 5.32 Å². The van der Waals surface area contributed by atoms with Crippen LogP contribution in [0, 0.1) is 13.8 Å². The maximum Gasteiger partial charge on any atom is 0.338 e. The van der Waals surface area contributed by atoms with Crippen molar-refractivity contribution in [2.75, 3.05) is 18.1 Å². The van der Waals surface area contributed by atoms with Gasteiger partial charge in [-0.15, -0.1) is 0 Å². The third-order valence-electron chi connectivity index (χ3n) is 3.54. The summed E-state index contributed by atoms with van der Waals surface area (Å²) in [4.78, 5) is 23.7. The summed E-state index contributed by atoms with van der Waals surface area (Å²) in [6.07, 6.45) is 0.402. The van der Waals surface area contributed by atoms with E-state index in [9.17, 15) is 18.0 Å². The van der Waals surface area contributed by atoms with E-state index >= 15 is 0 Å². The SMILES string of the molecule is Cc1ccc(C)c(C(=O)OCC(=O)N[C@@H]2CCS(=O)(=O)C2)c1. The molecule has 1 N–H and O–H groups in total. The number of carbonyl (C=O) groups is 2. The molecule has 1 atom stereocenters. The van der Waals surface area contributed by atoms with Gasteiger partial charge in [-0.3, -0.25) is 4.79 Å². The lowest BCUT2D eigenvalue weighted by Gasteiger charge is -2.11. The van der Waals surface area contributed by atoms with Crippen LogP contribution in [0.2, 0.25) is 0 Å². The molecule has 1 aliphatic heterocycles. The van der Waals surface area contributed by atoms with E-state index in [1.54, 1.807) is 13.0 Å². The van der Waals surface area contributed by atoms with Crippen LogP contribution in [0.5, 0.6) is 0 Å². The number of benzene rings is 1. The molecule has 1 aliphatic rings. The van der Waals surface area contributed by atoms with Crippen LogP contribution in [0.1, 0.15) is 27.9 Å². The fourth-order valence-electron chi connectivity index (χ4n) is 2.34. The van der Waals surface area contributed by atoms with Crippen molar-refractivity contribution >= 4 is 21.7 Å². The normalized spacial score (nSPS) is 19.6. The van der Waals surface area contributed by atoms with Gasteiger partial charge in [0.25, 0.3) is 5.91 Å². The van der Waals surface area contributed by atoms with Crippen LogP contribution in [0.3, 0.4) is 0 Å². The molecule has 1 fully saturated rings. The fraction of sp³-hybridized carbons (Fsp3) is 0.467. The Balaban J connectivity index is 1.86. The monoisotopic (exact) mass is 325 g/mol. The van der Waals surface area contributed by atoms with Gasteiger partial charge >= 0.3 is 5.97 Å². The van der Waals surface area contributed by atoms with Crippen LogP contribution < -0.4 is 5.32 Å². The van der Waals surface area contributed by atoms with Crippen molar-refractivity contribution in [2.24, 2.45) is 0 Å². The molecule has 6 nitrogen and oxygen atoms in total. The van der Waals surface area contributed by atoms with E-state index in [1.807, 2.05) is 19.1 Å². The number of amides is 1. The van der Waals surface area contributed by atoms with E-state index in [-0.39, 0.29) is 11.5 Å². The lowest BCUT2D eigenvalue weighted by atomic mass is 10.1. The molecule has 0 unspecified atom stereocenters. The van der Waals surface area contributed by atoms with Gasteiger partial charge in [0.1, 0.15) is 0 Å². The molecular formula is C15H19NO5S. The molecule has 0 aliphatic carbocycles. The van der Waals surface area contributed by atoms with Crippen molar-refractivity contribution < 1.29 is 22.7 Å². The molecule has 1 aromatic carbocycles. The molecule has 0 spiro atoms. The number of carbonyl (C=O) groups excluding carboxylic acids is 2. The number of sulfone groups is 1. The molecule has 0 bridgehead atoms. The molecule has 7 heteroatoms. The standard InChI is InChI=1S/C15H19NO5S/c1-10-3-4-11(2)13(7-10)15(18)21-8-14(17)16-12-5-6-22(19,20)9-12/h3-4,7,12H,5-6,8-9H2,1-2H3,(H,16,17)/t12-/m1/s1. The Morgan fingerprint density at radius 1 is 1.32 bits per heavy atom. The summed E-state index contributed by atoms with van der Waals surface area (Å²) in [5.41, 5.74) is 2.13.